The van der Waals surface area contributed by atoms with Gasteiger partial charge in [0.2, 0.25) is 0 Å². The molecule has 1 fully saturated rings. The number of pyridine rings is 1. The minimum Gasteiger partial charge on any atom is -0.406 e. The van der Waals surface area contributed by atoms with Crippen LogP contribution in [0, 0.1) is 6.92 Å². The standard InChI is InChI=1S/C22H23F3N4O/c1-15-4-5-16(13-27-15)20-3-2-11-29(21(20)28-12-10-17(26)14-28)18-6-8-19(9-7-18)30-22(23,24)25/h2-9,11,13,17,21H,10,12,14,26H2,1H3/t17?,21-/m0/s1. The van der Waals surface area contributed by atoms with E-state index in [4.69, 9.17) is 5.73 Å². The largest absolute Gasteiger partial charge is 0.573 e. The van der Waals surface area contributed by atoms with E-state index in [2.05, 4.69) is 20.7 Å². The Hall–Kier alpha value is -2.84. The number of aryl methyl sites for hydroxylation is 1. The molecule has 1 aromatic heterocycles. The average molecular weight is 416 g/mol. The van der Waals surface area contributed by atoms with Crippen molar-refractivity contribution in [2.45, 2.75) is 31.9 Å². The van der Waals surface area contributed by atoms with Gasteiger partial charge in [-0.15, -0.1) is 13.2 Å². The lowest BCUT2D eigenvalue weighted by Crippen LogP contribution is -2.47. The lowest BCUT2D eigenvalue weighted by Gasteiger charge is -2.40. The van der Waals surface area contributed by atoms with Gasteiger partial charge in [0.1, 0.15) is 11.9 Å². The SMILES string of the molecule is Cc1ccc(C2=CC=CN(c3ccc(OC(F)(F)F)cc3)[C@@H]2N2CCC(N)C2)cn1. The van der Waals surface area contributed by atoms with Gasteiger partial charge in [0.25, 0.3) is 0 Å². The quantitative estimate of drug-likeness (QED) is 0.815. The lowest BCUT2D eigenvalue weighted by molar-refractivity contribution is -0.274. The highest BCUT2D eigenvalue weighted by Crippen LogP contribution is 2.35. The van der Waals surface area contributed by atoms with E-state index in [1.165, 1.54) is 12.1 Å². The van der Waals surface area contributed by atoms with Crippen molar-refractivity contribution < 1.29 is 17.9 Å². The molecule has 2 atom stereocenters. The van der Waals surface area contributed by atoms with Crippen molar-refractivity contribution in [1.82, 2.24) is 9.88 Å². The maximum absolute atomic E-state index is 12.5. The minimum absolute atomic E-state index is 0.0951. The third kappa shape index (κ3) is 4.49. The number of alkyl halides is 3. The van der Waals surface area contributed by atoms with E-state index in [-0.39, 0.29) is 18.0 Å². The molecule has 2 N–H and O–H groups in total. The van der Waals surface area contributed by atoms with Gasteiger partial charge in [0, 0.05) is 42.9 Å². The van der Waals surface area contributed by atoms with Gasteiger partial charge in [-0.2, -0.15) is 0 Å². The van der Waals surface area contributed by atoms with Crippen LogP contribution in [0.15, 0.2) is 60.9 Å². The van der Waals surface area contributed by atoms with Crippen LogP contribution in [0.1, 0.15) is 17.7 Å². The Bertz CT molecular complexity index is 938. The van der Waals surface area contributed by atoms with E-state index in [0.29, 0.717) is 0 Å². The molecule has 2 aromatic rings. The number of nitrogens with zero attached hydrogens (tertiary/aromatic N) is 3. The molecule has 1 unspecified atom stereocenters. The molecule has 0 bridgehead atoms. The van der Waals surface area contributed by atoms with Gasteiger partial charge < -0.3 is 15.4 Å². The highest BCUT2D eigenvalue weighted by molar-refractivity contribution is 5.77. The molecule has 30 heavy (non-hydrogen) atoms. The fraction of sp³-hybridized carbons (Fsp3) is 0.318. The molecule has 0 saturated carbocycles. The van der Waals surface area contributed by atoms with Crippen molar-refractivity contribution in [3.05, 3.63) is 72.2 Å². The number of aromatic nitrogens is 1. The summed E-state index contributed by atoms with van der Waals surface area (Å²) in [6, 6.07) is 10.0. The van der Waals surface area contributed by atoms with Gasteiger partial charge in [-0.25, -0.2) is 0 Å². The number of hydrogen-bond acceptors (Lipinski definition) is 5. The summed E-state index contributed by atoms with van der Waals surface area (Å²) in [6.07, 6.45) is 3.81. The Morgan fingerprint density at radius 3 is 2.50 bits per heavy atom. The molecule has 0 spiro atoms. The second-order valence-corrected chi connectivity index (χ2v) is 7.52. The number of allylic oxidation sites excluding steroid dienone is 2. The molecule has 1 aromatic carbocycles. The maximum Gasteiger partial charge on any atom is 0.573 e. The molecule has 4 rings (SSSR count). The molecule has 1 saturated heterocycles. The van der Waals surface area contributed by atoms with Crippen molar-refractivity contribution >= 4 is 11.3 Å². The molecule has 5 nitrogen and oxygen atoms in total. The molecule has 3 heterocycles. The van der Waals surface area contributed by atoms with Crippen molar-refractivity contribution in [1.29, 1.82) is 0 Å². The number of hydrogen-bond donors (Lipinski definition) is 1. The summed E-state index contributed by atoms with van der Waals surface area (Å²) in [5.41, 5.74) is 9.92. The summed E-state index contributed by atoms with van der Waals surface area (Å²) in [5.74, 6) is -0.245. The topological polar surface area (TPSA) is 54.6 Å². The van der Waals surface area contributed by atoms with Crippen molar-refractivity contribution in [3.8, 4) is 5.75 Å². The van der Waals surface area contributed by atoms with Crippen molar-refractivity contribution in [2.24, 2.45) is 5.73 Å². The van der Waals surface area contributed by atoms with Crippen LogP contribution in [-0.4, -0.2) is 41.5 Å². The van der Waals surface area contributed by atoms with Crippen LogP contribution in [0.25, 0.3) is 5.57 Å². The number of anilines is 1. The third-order valence-electron chi connectivity index (χ3n) is 5.28. The molecular formula is C22H23F3N4O. The first kappa shape index (κ1) is 20.4. The molecule has 2 aliphatic heterocycles. The van der Waals surface area contributed by atoms with Crippen LogP contribution in [0.3, 0.4) is 0 Å². The molecule has 0 aliphatic carbocycles. The molecule has 8 heteroatoms. The average Bonchev–Trinajstić information content (AvgIpc) is 3.13. The number of likely N-dealkylation sites (tertiary alicyclic amines) is 1. The summed E-state index contributed by atoms with van der Waals surface area (Å²) < 4.78 is 41.5. The first-order valence-corrected chi connectivity index (χ1v) is 9.75. The van der Waals surface area contributed by atoms with Crippen LogP contribution in [-0.2, 0) is 0 Å². The zero-order valence-corrected chi connectivity index (χ0v) is 16.5. The molecule has 0 radical (unpaired) electrons. The fourth-order valence-electron chi connectivity index (χ4n) is 3.90. The van der Waals surface area contributed by atoms with Gasteiger partial charge in [-0.05, 0) is 60.9 Å². The normalized spacial score (nSPS) is 22.3. The Morgan fingerprint density at radius 2 is 1.90 bits per heavy atom. The smallest absolute Gasteiger partial charge is 0.406 e. The van der Waals surface area contributed by atoms with E-state index in [9.17, 15) is 13.2 Å². The predicted octanol–water partition coefficient (Wildman–Crippen LogP) is 4.07. The summed E-state index contributed by atoms with van der Waals surface area (Å²) in [7, 11) is 0. The molecule has 2 aliphatic rings. The third-order valence-corrected chi connectivity index (χ3v) is 5.28. The van der Waals surface area contributed by atoms with Crippen LogP contribution in [0.5, 0.6) is 5.75 Å². The van der Waals surface area contributed by atoms with Crippen molar-refractivity contribution in [3.63, 3.8) is 0 Å². The van der Waals surface area contributed by atoms with Crippen LogP contribution in [0.2, 0.25) is 0 Å². The predicted molar refractivity (Wildman–Crippen MR) is 110 cm³/mol. The summed E-state index contributed by atoms with van der Waals surface area (Å²) in [4.78, 5) is 8.76. The van der Waals surface area contributed by atoms with E-state index in [1.54, 1.807) is 12.1 Å². The van der Waals surface area contributed by atoms with Crippen LogP contribution in [0.4, 0.5) is 18.9 Å². The fourth-order valence-corrected chi connectivity index (χ4v) is 3.90. The highest BCUT2D eigenvalue weighted by Gasteiger charge is 2.35. The Morgan fingerprint density at radius 1 is 1.13 bits per heavy atom. The van der Waals surface area contributed by atoms with E-state index in [1.807, 2.05) is 42.4 Å². The number of benzene rings is 1. The Labute approximate surface area is 173 Å². The summed E-state index contributed by atoms with van der Waals surface area (Å²) >= 11 is 0. The van der Waals surface area contributed by atoms with E-state index < -0.39 is 6.36 Å². The second-order valence-electron chi connectivity index (χ2n) is 7.52. The Kier molecular flexibility index (Phi) is 5.53. The first-order chi connectivity index (χ1) is 14.3. The van der Waals surface area contributed by atoms with E-state index in [0.717, 1.165) is 42.0 Å². The lowest BCUT2D eigenvalue weighted by atomic mass is 9.99. The summed E-state index contributed by atoms with van der Waals surface area (Å²) in [6.45, 7) is 3.51. The monoisotopic (exact) mass is 416 g/mol. The number of nitrogens with two attached hydrogens (primary N) is 1. The van der Waals surface area contributed by atoms with Gasteiger partial charge in [0.05, 0.1) is 0 Å². The molecule has 0 amide bonds. The number of ether oxygens (including phenoxy) is 1. The van der Waals surface area contributed by atoms with Crippen LogP contribution < -0.4 is 15.4 Å². The zero-order valence-electron chi connectivity index (χ0n) is 16.5. The van der Waals surface area contributed by atoms with Gasteiger partial charge in [-0.1, -0.05) is 12.1 Å². The number of rotatable bonds is 4. The number of halogens is 3. The zero-order chi connectivity index (χ0) is 21.3. The highest BCUT2D eigenvalue weighted by atomic mass is 19.4. The molecule has 158 valence electrons. The molecular weight excluding hydrogens is 393 g/mol. The van der Waals surface area contributed by atoms with Gasteiger partial charge in [0.15, 0.2) is 0 Å². The van der Waals surface area contributed by atoms with Gasteiger partial charge in [-0.3, -0.25) is 9.88 Å². The first-order valence-electron chi connectivity index (χ1n) is 9.75. The maximum atomic E-state index is 12.5. The van der Waals surface area contributed by atoms with Crippen LogP contribution >= 0.6 is 0 Å². The minimum atomic E-state index is -4.71. The van der Waals surface area contributed by atoms with E-state index >= 15 is 0 Å². The summed E-state index contributed by atoms with van der Waals surface area (Å²) in [5, 5.41) is 0. The second kappa shape index (κ2) is 8.12. The van der Waals surface area contributed by atoms with Crippen molar-refractivity contribution in [2.75, 3.05) is 18.0 Å². The Balaban J connectivity index is 1.67. The van der Waals surface area contributed by atoms with Gasteiger partial charge >= 0.3 is 6.36 Å².